The number of benzene rings is 2. The fourth-order valence-electron chi connectivity index (χ4n) is 3.26. The lowest BCUT2D eigenvalue weighted by atomic mass is 9.91. The average Bonchev–Trinajstić information content (AvgIpc) is 2.60. The number of nitrogens with zero attached hydrogens (tertiary/aromatic N) is 2. The predicted octanol–water partition coefficient (Wildman–Crippen LogP) is 4.10. The normalized spacial score (nSPS) is 17.2. The summed E-state index contributed by atoms with van der Waals surface area (Å²) in [6, 6.07) is 16.2. The summed E-state index contributed by atoms with van der Waals surface area (Å²) in [5.41, 5.74) is 3.64. The van der Waals surface area contributed by atoms with E-state index in [1.807, 2.05) is 31.3 Å². The number of hydrogen-bond acceptors (Lipinski definition) is 3. The van der Waals surface area contributed by atoms with Gasteiger partial charge in [-0.15, -0.1) is 0 Å². The minimum absolute atomic E-state index is 0.0298. The zero-order valence-corrected chi connectivity index (χ0v) is 13.8. The molecule has 23 heavy (non-hydrogen) atoms. The van der Waals surface area contributed by atoms with Gasteiger partial charge >= 0.3 is 0 Å². The van der Waals surface area contributed by atoms with Crippen molar-refractivity contribution in [1.82, 2.24) is 9.55 Å². The number of fused-ring (bicyclic) bond motifs is 2. The van der Waals surface area contributed by atoms with Crippen LogP contribution in [0.2, 0.25) is 0 Å². The number of para-hydroxylation sites is 1. The minimum atomic E-state index is 0.0298. The summed E-state index contributed by atoms with van der Waals surface area (Å²) in [5.74, 6) is 0. The molecule has 0 saturated heterocycles. The van der Waals surface area contributed by atoms with E-state index in [9.17, 15) is 4.79 Å². The molecule has 0 aliphatic heterocycles. The highest BCUT2D eigenvalue weighted by atomic mass is 32.2. The summed E-state index contributed by atoms with van der Waals surface area (Å²) >= 11 is 1.71. The Bertz CT molecular complexity index is 932. The third kappa shape index (κ3) is 2.57. The molecule has 1 aromatic heterocycles. The number of hydrogen-bond donors (Lipinski definition) is 0. The van der Waals surface area contributed by atoms with E-state index < -0.39 is 0 Å². The Hall–Kier alpha value is -2.07. The van der Waals surface area contributed by atoms with E-state index >= 15 is 0 Å². The van der Waals surface area contributed by atoms with Crippen molar-refractivity contribution in [1.29, 1.82) is 0 Å². The molecule has 116 valence electrons. The highest BCUT2D eigenvalue weighted by Crippen LogP contribution is 2.42. The first kappa shape index (κ1) is 14.5. The Morgan fingerprint density at radius 1 is 1.13 bits per heavy atom. The van der Waals surface area contributed by atoms with Crippen molar-refractivity contribution in [2.75, 3.05) is 0 Å². The van der Waals surface area contributed by atoms with Crippen molar-refractivity contribution < 1.29 is 0 Å². The lowest BCUT2D eigenvalue weighted by Crippen LogP contribution is -2.20. The Morgan fingerprint density at radius 3 is 2.83 bits per heavy atom. The smallest absolute Gasteiger partial charge is 0.261 e. The number of thioether (sulfide) groups is 1. The third-order valence-electron chi connectivity index (χ3n) is 4.50. The molecule has 0 amide bonds. The summed E-state index contributed by atoms with van der Waals surface area (Å²) in [6.07, 6.45) is 3.47. The molecule has 0 saturated carbocycles. The van der Waals surface area contributed by atoms with E-state index in [0.717, 1.165) is 23.5 Å². The minimum Gasteiger partial charge on any atom is -0.290 e. The maximum atomic E-state index is 12.5. The SMILES string of the molecule is Cn1c(SC2CCCc3ccccc32)nc2ccccc2c1=O. The maximum absolute atomic E-state index is 12.5. The van der Waals surface area contributed by atoms with Crippen LogP contribution in [0.25, 0.3) is 10.9 Å². The van der Waals surface area contributed by atoms with Crippen LogP contribution in [-0.4, -0.2) is 9.55 Å². The van der Waals surface area contributed by atoms with Gasteiger partial charge in [0.2, 0.25) is 0 Å². The molecule has 1 heterocycles. The van der Waals surface area contributed by atoms with E-state index in [-0.39, 0.29) is 5.56 Å². The Kier molecular flexibility index (Phi) is 3.69. The van der Waals surface area contributed by atoms with Crippen LogP contribution in [0.5, 0.6) is 0 Å². The summed E-state index contributed by atoms with van der Waals surface area (Å²) in [4.78, 5) is 17.3. The van der Waals surface area contributed by atoms with Crippen molar-refractivity contribution >= 4 is 22.7 Å². The van der Waals surface area contributed by atoms with Crippen molar-refractivity contribution in [3.8, 4) is 0 Å². The first-order valence-electron chi connectivity index (χ1n) is 7.94. The number of rotatable bonds is 2. The third-order valence-corrected chi connectivity index (χ3v) is 5.85. The Balaban J connectivity index is 1.77. The van der Waals surface area contributed by atoms with Gasteiger partial charge in [-0.1, -0.05) is 48.2 Å². The molecule has 1 aliphatic rings. The fourth-order valence-corrected chi connectivity index (χ4v) is 4.55. The zero-order chi connectivity index (χ0) is 15.8. The van der Waals surface area contributed by atoms with Crippen molar-refractivity contribution in [3.05, 3.63) is 70.0 Å². The monoisotopic (exact) mass is 322 g/mol. The summed E-state index contributed by atoms with van der Waals surface area (Å²) in [6.45, 7) is 0. The van der Waals surface area contributed by atoms with Crippen LogP contribution in [0.4, 0.5) is 0 Å². The highest BCUT2D eigenvalue weighted by Gasteiger charge is 2.22. The first-order chi connectivity index (χ1) is 11.2. The molecule has 0 N–H and O–H groups in total. The molecule has 1 atom stereocenters. The van der Waals surface area contributed by atoms with Gasteiger partial charge in [-0.3, -0.25) is 9.36 Å². The summed E-state index contributed by atoms with van der Waals surface area (Å²) in [5, 5.41) is 1.86. The second-order valence-corrected chi connectivity index (χ2v) is 7.14. The molecule has 2 aromatic carbocycles. The van der Waals surface area contributed by atoms with Gasteiger partial charge in [0.15, 0.2) is 5.16 Å². The van der Waals surface area contributed by atoms with Crippen molar-refractivity contribution in [3.63, 3.8) is 0 Å². The number of aromatic nitrogens is 2. The zero-order valence-electron chi connectivity index (χ0n) is 13.0. The van der Waals surface area contributed by atoms with Crippen LogP contribution < -0.4 is 5.56 Å². The largest absolute Gasteiger partial charge is 0.290 e. The topological polar surface area (TPSA) is 34.9 Å². The van der Waals surface area contributed by atoms with Crippen molar-refractivity contribution in [2.24, 2.45) is 7.05 Å². The standard InChI is InChI=1S/C19H18N2OS/c1-21-18(22)15-10-4-5-11-16(15)20-19(21)23-17-12-6-8-13-7-2-3-9-14(13)17/h2-5,7,9-11,17H,6,8,12H2,1H3. The van der Waals surface area contributed by atoms with Gasteiger partial charge in [0.25, 0.3) is 5.56 Å². The number of aryl methyl sites for hydroxylation is 1. The molecular formula is C19H18N2OS. The lowest BCUT2D eigenvalue weighted by Gasteiger charge is -2.25. The van der Waals surface area contributed by atoms with E-state index in [0.29, 0.717) is 10.6 Å². The molecule has 0 bridgehead atoms. The van der Waals surface area contributed by atoms with Gasteiger partial charge in [0.05, 0.1) is 10.9 Å². The Morgan fingerprint density at radius 2 is 1.91 bits per heavy atom. The van der Waals surface area contributed by atoms with Crippen LogP contribution in [0, 0.1) is 0 Å². The van der Waals surface area contributed by atoms with Crippen LogP contribution in [-0.2, 0) is 13.5 Å². The first-order valence-corrected chi connectivity index (χ1v) is 8.82. The van der Waals surface area contributed by atoms with E-state index in [1.54, 1.807) is 16.3 Å². The summed E-state index contributed by atoms with van der Waals surface area (Å²) < 4.78 is 1.68. The van der Waals surface area contributed by atoms with E-state index in [4.69, 9.17) is 4.98 Å². The average molecular weight is 322 g/mol. The highest BCUT2D eigenvalue weighted by molar-refractivity contribution is 7.99. The maximum Gasteiger partial charge on any atom is 0.261 e. The molecular weight excluding hydrogens is 304 g/mol. The molecule has 0 fully saturated rings. The van der Waals surface area contributed by atoms with Gasteiger partial charge in [-0.25, -0.2) is 4.98 Å². The van der Waals surface area contributed by atoms with Gasteiger partial charge in [0.1, 0.15) is 0 Å². The molecule has 4 heteroatoms. The van der Waals surface area contributed by atoms with Gasteiger partial charge in [0, 0.05) is 12.3 Å². The van der Waals surface area contributed by atoms with E-state index in [1.165, 1.54) is 17.5 Å². The molecule has 0 spiro atoms. The molecule has 0 radical (unpaired) electrons. The van der Waals surface area contributed by atoms with E-state index in [2.05, 4.69) is 24.3 Å². The molecule has 3 aromatic rings. The fraction of sp³-hybridized carbons (Fsp3) is 0.263. The Labute approximate surface area is 139 Å². The second-order valence-electron chi connectivity index (χ2n) is 5.97. The molecule has 3 nitrogen and oxygen atoms in total. The van der Waals surface area contributed by atoms with Crippen molar-refractivity contribution in [2.45, 2.75) is 29.7 Å². The molecule has 1 unspecified atom stereocenters. The molecule has 4 rings (SSSR count). The van der Waals surface area contributed by atoms with Crippen LogP contribution in [0.1, 0.15) is 29.2 Å². The van der Waals surface area contributed by atoms with Gasteiger partial charge in [-0.2, -0.15) is 0 Å². The van der Waals surface area contributed by atoms with Crippen LogP contribution in [0.15, 0.2) is 58.5 Å². The van der Waals surface area contributed by atoms with Gasteiger partial charge < -0.3 is 0 Å². The predicted molar refractivity (Wildman–Crippen MR) is 95.0 cm³/mol. The molecule has 1 aliphatic carbocycles. The quantitative estimate of drug-likeness (QED) is 0.666. The second kappa shape index (κ2) is 5.85. The van der Waals surface area contributed by atoms with Gasteiger partial charge in [-0.05, 0) is 42.5 Å². The summed E-state index contributed by atoms with van der Waals surface area (Å²) in [7, 11) is 1.82. The van der Waals surface area contributed by atoms with Crippen LogP contribution >= 0.6 is 11.8 Å². The lowest BCUT2D eigenvalue weighted by molar-refractivity contribution is 0.663. The van der Waals surface area contributed by atoms with Crippen LogP contribution in [0.3, 0.4) is 0 Å².